The van der Waals surface area contributed by atoms with E-state index in [0.717, 1.165) is 16.7 Å². The molecule has 20 heavy (non-hydrogen) atoms. The highest BCUT2D eigenvalue weighted by Gasteiger charge is 2.23. The molecule has 0 radical (unpaired) electrons. The Morgan fingerprint density at radius 3 is 2.50 bits per heavy atom. The first-order valence-corrected chi connectivity index (χ1v) is 8.69. The predicted octanol–water partition coefficient (Wildman–Crippen LogP) is 1.73. The second kappa shape index (κ2) is 4.83. The van der Waals surface area contributed by atoms with E-state index >= 15 is 0 Å². The lowest BCUT2D eigenvalue weighted by molar-refractivity contribution is 0.328. The summed E-state index contributed by atoms with van der Waals surface area (Å²) in [6.45, 7) is 2.08. The number of hydrogen-bond acceptors (Lipinski definition) is 4. The SMILES string of the molecule is Cc1ccc(S(=O)(=O)n2cc3c(c2)CS(=O)OC3)cc1. The van der Waals surface area contributed by atoms with E-state index in [1.54, 1.807) is 24.3 Å². The van der Waals surface area contributed by atoms with Gasteiger partial charge in [-0.15, -0.1) is 0 Å². The molecule has 0 spiro atoms. The molecule has 2 aromatic rings. The number of hydrogen-bond donors (Lipinski definition) is 0. The molecule has 106 valence electrons. The van der Waals surface area contributed by atoms with E-state index in [1.165, 1.54) is 16.4 Å². The maximum absolute atomic E-state index is 12.5. The maximum atomic E-state index is 12.5. The van der Waals surface area contributed by atoms with Crippen LogP contribution in [0.5, 0.6) is 0 Å². The van der Waals surface area contributed by atoms with Crippen molar-refractivity contribution in [3.05, 3.63) is 53.3 Å². The van der Waals surface area contributed by atoms with Crippen LogP contribution in [0.15, 0.2) is 41.6 Å². The number of benzene rings is 1. The van der Waals surface area contributed by atoms with Gasteiger partial charge in [0.25, 0.3) is 10.0 Å². The van der Waals surface area contributed by atoms with Crippen LogP contribution in [0.25, 0.3) is 0 Å². The van der Waals surface area contributed by atoms with Gasteiger partial charge in [-0.25, -0.2) is 16.6 Å². The van der Waals surface area contributed by atoms with E-state index in [-0.39, 0.29) is 17.3 Å². The summed E-state index contributed by atoms with van der Waals surface area (Å²) in [6.07, 6.45) is 3.05. The van der Waals surface area contributed by atoms with Gasteiger partial charge in [0, 0.05) is 18.0 Å². The van der Waals surface area contributed by atoms with Crippen molar-refractivity contribution in [2.45, 2.75) is 24.2 Å². The summed E-state index contributed by atoms with van der Waals surface area (Å²) in [5, 5.41) is 0. The third kappa shape index (κ3) is 2.32. The second-order valence-corrected chi connectivity index (χ2v) is 7.64. The van der Waals surface area contributed by atoms with E-state index in [1.807, 2.05) is 6.92 Å². The lowest BCUT2D eigenvalue weighted by Crippen LogP contribution is -2.10. The average Bonchev–Trinajstić information content (AvgIpc) is 2.83. The Morgan fingerprint density at radius 2 is 1.80 bits per heavy atom. The van der Waals surface area contributed by atoms with Gasteiger partial charge in [-0.05, 0) is 24.6 Å². The Hall–Kier alpha value is -1.44. The molecule has 0 amide bonds. The highest BCUT2D eigenvalue weighted by molar-refractivity contribution is 7.90. The van der Waals surface area contributed by atoms with Gasteiger partial charge in [0.1, 0.15) is 0 Å². The van der Waals surface area contributed by atoms with Crippen LogP contribution in [0.1, 0.15) is 16.7 Å². The standard InChI is InChI=1S/C13H13NO4S2/c1-10-2-4-13(5-3-10)20(16,17)14-6-11-8-18-19(15)9-12(11)7-14/h2-7H,8-9H2,1H3. The van der Waals surface area contributed by atoms with Gasteiger partial charge in [-0.2, -0.15) is 0 Å². The zero-order valence-electron chi connectivity index (χ0n) is 10.8. The monoisotopic (exact) mass is 311 g/mol. The minimum Gasteiger partial charge on any atom is -0.285 e. The number of aryl methyl sites for hydroxylation is 1. The third-order valence-corrected chi connectivity index (χ3v) is 5.76. The molecule has 0 fully saturated rings. The summed E-state index contributed by atoms with van der Waals surface area (Å²) < 4.78 is 42.5. The van der Waals surface area contributed by atoms with Crippen molar-refractivity contribution in [2.24, 2.45) is 0 Å². The van der Waals surface area contributed by atoms with Crippen molar-refractivity contribution in [1.29, 1.82) is 0 Å². The maximum Gasteiger partial charge on any atom is 0.267 e. The number of fused-ring (bicyclic) bond motifs is 1. The molecule has 7 heteroatoms. The largest absolute Gasteiger partial charge is 0.285 e. The Morgan fingerprint density at radius 1 is 1.15 bits per heavy atom. The van der Waals surface area contributed by atoms with E-state index in [0.29, 0.717) is 0 Å². The van der Waals surface area contributed by atoms with Crippen molar-refractivity contribution in [2.75, 3.05) is 0 Å². The highest BCUT2D eigenvalue weighted by atomic mass is 32.2. The fourth-order valence-corrected chi connectivity index (χ4v) is 4.15. The Kier molecular flexibility index (Phi) is 3.27. The van der Waals surface area contributed by atoms with Crippen molar-refractivity contribution in [3.63, 3.8) is 0 Å². The number of nitrogens with zero attached hydrogens (tertiary/aromatic N) is 1. The molecule has 1 aliphatic heterocycles. The summed E-state index contributed by atoms with van der Waals surface area (Å²) in [5.74, 6) is 0.228. The summed E-state index contributed by atoms with van der Waals surface area (Å²) in [5.41, 5.74) is 2.52. The molecule has 2 heterocycles. The van der Waals surface area contributed by atoms with Crippen LogP contribution >= 0.6 is 0 Å². The zero-order chi connectivity index (χ0) is 14.3. The van der Waals surface area contributed by atoms with Gasteiger partial charge in [0.2, 0.25) is 0 Å². The van der Waals surface area contributed by atoms with E-state index in [4.69, 9.17) is 4.18 Å². The molecular weight excluding hydrogens is 298 g/mol. The van der Waals surface area contributed by atoms with Gasteiger partial charge in [-0.1, -0.05) is 17.7 Å². The smallest absolute Gasteiger partial charge is 0.267 e. The highest BCUT2D eigenvalue weighted by Crippen LogP contribution is 2.24. The minimum atomic E-state index is -3.61. The molecule has 0 aliphatic carbocycles. The first kappa shape index (κ1) is 13.5. The molecule has 1 unspecified atom stereocenters. The van der Waals surface area contributed by atoms with Crippen LogP contribution in [-0.4, -0.2) is 16.6 Å². The molecular formula is C13H13NO4S2. The first-order chi connectivity index (χ1) is 9.46. The van der Waals surface area contributed by atoms with Crippen molar-refractivity contribution in [1.82, 2.24) is 3.97 Å². The molecule has 5 nitrogen and oxygen atoms in total. The quantitative estimate of drug-likeness (QED) is 0.847. The van der Waals surface area contributed by atoms with Gasteiger partial charge in [0.05, 0.1) is 17.3 Å². The van der Waals surface area contributed by atoms with Crippen LogP contribution in [0.4, 0.5) is 0 Å². The summed E-state index contributed by atoms with van der Waals surface area (Å²) in [6, 6.07) is 6.68. The molecule has 0 bridgehead atoms. The molecule has 3 rings (SSSR count). The minimum absolute atomic E-state index is 0.179. The fraction of sp³-hybridized carbons (Fsp3) is 0.231. The second-order valence-electron chi connectivity index (χ2n) is 4.67. The molecule has 0 saturated carbocycles. The zero-order valence-corrected chi connectivity index (χ0v) is 12.4. The predicted molar refractivity (Wildman–Crippen MR) is 74.8 cm³/mol. The summed E-state index contributed by atoms with van der Waals surface area (Å²) in [7, 11) is -3.61. The molecule has 1 aromatic carbocycles. The van der Waals surface area contributed by atoms with E-state index in [9.17, 15) is 12.6 Å². The normalized spacial score (nSPS) is 18.8. The van der Waals surface area contributed by atoms with E-state index in [2.05, 4.69) is 0 Å². The molecule has 1 atom stereocenters. The number of rotatable bonds is 2. The van der Waals surface area contributed by atoms with Crippen molar-refractivity contribution >= 4 is 21.1 Å². The first-order valence-electron chi connectivity index (χ1n) is 6.00. The van der Waals surface area contributed by atoms with E-state index < -0.39 is 21.1 Å². The van der Waals surface area contributed by atoms with Crippen LogP contribution in [0.2, 0.25) is 0 Å². The van der Waals surface area contributed by atoms with Crippen molar-refractivity contribution in [3.8, 4) is 0 Å². The Labute approximate surface area is 119 Å². The molecule has 1 aromatic heterocycles. The van der Waals surface area contributed by atoms with Crippen LogP contribution < -0.4 is 0 Å². The topological polar surface area (TPSA) is 65.4 Å². The third-order valence-electron chi connectivity index (χ3n) is 3.19. The Balaban J connectivity index is 2.04. The van der Waals surface area contributed by atoms with Gasteiger partial charge < -0.3 is 0 Å². The van der Waals surface area contributed by atoms with Crippen LogP contribution in [0, 0.1) is 6.92 Å². The molecule has 0 N–H and O–H groups in total. The number of aromatic nitrogens is 1. The van der Waals surface area contributed by atoms with Gasteiger partial charge in [0.15, 0.2) is 11.1 Å². The Bertz CT molecular complexity index is 775. The average molecular weight is 311 g/mol. The summed E-state index contributed by atoms with van der Waals surface area (Å²) in [4.78, 5) is 0.234. The molecule has 0 saturated heterocycles. The van der Waals surface area contributed by atoms with Gasteiger partial charge >= 0.3 is 0 Å². The summed E-state index contributed by atoms with van der Waals surface area (Å²) >= 11 is -1.37. The van der Waals surface area contributed by atoms with Crippen LogP contribution in [0.3, 0.4) is 0 Å². The lowest BCUT2D eigenvalue weighted by Gasteiger charge is -2.09. The lowest BCUT2D eigenvalue weighted by atomic mass is 10.2. The van der Waals surface area contributed by atoms with Gasteiger partial charge in [-0.3, -0.25) is 4.18 Å². The van der Waals surface area contributed by atoms with Crippen LogP contribution in [-0.2, 0) is 37.6 Å². The molecule has 1 aliphatic rings. The fourth-order valence-electron chi connectivity index (χ4n) is 2.04. The van der Waals surface area contributed by atoms with Crippen molar-refractivity contribution < 1.29 is 16.8 Å².